The molecule has 0 saturated carbocycles. The highest BCUT2D eigenvalue weighted by atomic mass is 16.5. The lowest BCUT2D eigenvalue weighted by Crippen LogP contribution is -2.45. The summed E-state index contributed by atoms with van der Waals surface area (Å²) in [7, 11) is 0. The van der Waals surface area contributed by atoms with Crippen molar-refractivity contribution >= 4 is 17.3 Å². The lowest BCUT2D eigenvalue weighted by atomic mass is 10.0. The van der Waals surface area contributed by atoms with Crippen LogP contribution in [0.4, 0.5) is 11.4 Å². The third-order valence-corrected chi connectivity index (χ3v) is 3.83. The van der Waals surface area contributed by atoms with Crippen LogP contribution < -0.4 is 20.3 Å². The minimum absolute atomic E-state index is 0.0462. The fraction of sp³-hybridized carbons (Fsp3) is 0.533. The van der Waals surface area contributed by atoms with Crippen molar-refractivity contribution in [1.82, 2.24) is 5.32 Å². The van der Waals surface area contributed by atoms with E-state index in [0.717, 1.165) is 43.3 Å². The van der Waals surface area contributed by atoms with E-state index in [9.17, 15) is 4.79 Å². The van der Waals surface area contributed by atoms with Crippen molar-refractivity contribution in [2.75, 3.05) is 36.4 Å². The molecule has 2 aliphatic rings. The number of hydrogen-bond donors (Lipinski definition) is 2. The molecule has 3 rings (SSSR count). The minimum atomic E-state index is -0.402. The molecule has 20 heavy (non-hydrogen) atoms. The summed E-state index contributed by atoms with van der Waals surface area (Å²) in [5.74, 6) is 0.889. The summed E-state index contributed by atoms with van der Waals surface area (Å²) in [4.78, 5) is 14.5. The third kappa shape index (κ3) is 2.33. The molecular weight excluding hydrogens is 254 g/mol. The van der Waals surface area contributed by atoms with E-state index in [1.807, 2.05) is 32.0 Å². The second kappa shape index (κ2) is 5.32. The zero-order valence-electron chi connectivity index (χ0n) is 12.0. The zero-order chi connectivity index (χ0) is 14.1. The van der Waals surface area contributed by atoms with Gasteiger partial charge in [0.2, 0.25) is 0 Å². The molecule has 5 nitrogen and oxygen atoms in total. The highest BCUT2D eigenvalue weighted by molar-refractivity contribution is 6.01. The van der Waals surface area contributed by atoms with Crippen LogP contribution in [0.15, 0.2) is 18.2 Å². The highest BCUT2D eigenvalue weighted by Gasteiger charge is 2.32. The summed E-state index contributed by atoms with van der Waals surface area (Å²) in [6, 6.07) is 5.96. The Labute approximate surface area is 119 Å². The number of nitrogens with one attached hydrogen (secondary N) is 2. The molecule has 1 aromatic carbocycles. The van der Waals surface area contributed by atoms with Crippen LogP contribution in [0.3, 0.4) is 0 Å². The standard InChI is InChI=1S/C15H21N3O2/c1-10(2)14-15(19)17-13-11(4-3-5-12(13)20-14)18-8-6-16-7-9-18/h3-5,10,14,16H,6-9H2,1-2H3,(H,17,19). The molecule has 108 valence electrons. The Bertz CT molecular complexity index is 510. The van der Waals surface area contributed by atoms with E-state index in [4.69, 9.17) is 4.74 Å². The number of nitrogens with zero attached hydrogens (tertiary/aromatic N) is 1. The van der Waals surface area contributed by atoms with Crippen LogP contribution in [0.25, 0.3) is 0 Å². The molecule has 2 heterocycles. The van der Waals surface area contributed by atoms with Crippen molar-refractivity contribution in [3.8, 4) is 5.75 Å². The van der Waals surface area contributed by atoms with Gasteiger partial charge in [-0.25, -0.2) is 0 Å². The van der Waals surface area contributed by atoms with Gasteiger partial charge in [0, 0.05) is 26.2 Å². The topological polar surface area (TPSA) is 53.6 Å². The number of carbonyl (C=O) groups is 1. The predicted molar refractivity (Wildman–Crippen MR) is 79.4 cm³/mol. The van der Waals surface area contributed by atoms with Gasteiger partial charge < -0.3 is 20.3 Å². The van der Waals surface area contributed by atoms with E-state index in [-0.39, 0.29) is 11.8 Å². The Hall–Kier alpha value is -1.75. The van der Waals surface area contributed by atoms with Crippen molar-refractivity contribution in [2.45, 2.75) is 20.0 Å². The van der Waals surface area contributed by atoms with Crippen LogP contribution >= 0.6 is 0 Å². The number of amides is 1. The summed E-state index contributed by atoms with van der Waals surface area (Å²) in [6.07, 6.45) is -0.402. The molecule has 2 aliphatic heterocycles. The monoisotopic (exact) mass is 275 g/mol. The van der Waals surface area contributed by atoms with E-state index in [1.165, 1.54) is 0 Å². The lowest BCUT2D eigenvalue weighted by molar-refractivity contribution is -0.125. The van der Waals surface area contributed by atoms with Crippen molar-refractivity contribution in [3.05, 3.63) is 18.2 Å². The molecule has 2 N–H and O–H groups in total. The van der Waals surface area contributed by atoms with Gasteiger partial charge in [-0.05, 0) is 18.1 Å². The van der Waals surface area contributed by atoms with Crippen molar-refractivity contribution in [2.24, 2.45) is 5.92 Å². The number of rotatable bonds is 2. The Morgan fingerprint density at radius 3 is 2.75 bits per heavy atom. The Morgan fingerprint density at radius 2 is 2.05 bits per heavy atom. The lowest BCUT2D eigenvalue weighted by Gasteiger charge is -2.35. The number of fused-ring (bicyclic) bond motifs is 1. The van der Waals surface area contributed by atoms with Gasteiger partial charge in [0.25, 0.3) is 5.91 Å². The van der Waals surface area contributed by atoms with Crippen LogP contribution in [-0.2, 0) is 4.79 Å². The highest BCUT2D eigenvalue weighted by Crippen LogP contribution is 2.39. The Morgan fingerprint density at radius 1 is 1.30 bits per heavy atom. The van der Waals surface area contributed by atoms with Gasteiger partial charge >= 0.3 is 0 Å². The molecule has 0 spiro atoms. The fourth-order valence-corrected chi connectivity index (χ4v) is 2.74. The molecule has 0 aliphatic carbocycles. The van der Waals surface area contributed by atoms with Crippen LogP contribution in [0.5, 0.6) is 5.75 Å². The first-order chi connectivity index (χ1) is 9.66. The van der Waals surface area contributed by atoms with Gasteiger partial charge in [0.1, 0.15) is 11.4 Å². The number of para-hydroxylation sites is 1. The molecule has 5 heteroatoms. The van der Waals surface area contributed by atoms with Crippen LogP contribution in [0.2, 0.25) is 0 Å². The van der Waals surface area contributed by atoms with Crippen molar-refractivity contribution in [3.63, 3.8) is 0 Å². The molecule has 0 radical (unpaired) electrons. The quantitative estimate of drug-likeness (QED) is 0.858. The molecule has 1 saturated heterocycles. The number of piperazine rings is 1. The first-order valence-electron chi connectivity index (χ1n) is 7.23. The number of carbonyl (C=O) groups excluding carboxylic acids is 1. The first kappa shape index (κ1) is 13.2. The molecular formula is C15H21N3O2. The number of hydrogen-bond acceptors (Lipinski definition) is 4. The largest absolute Gasteiger partial charge is 0.478 e. The van der Waals surface area contributed by atoms with Crippen LogP contribution in [0.1, 0.15) is 13.8 Å². The molecule has 1 fully saturated rings. The molecule has 0 aromatic heterocycles. The summed E-state index contributed by atoms with van der Waals surface area (Å²) >= 11 is 0. The summed E-state index contributed by atoms with van der Waals surface area (Å²) in [6.45, 7) is 7.81. The van der Waals surface area contributed by atoms with Crippen LogP contribution in [0, 0.1) is 5.92 Å². The average molecular weight is 275 g/mol. The first-order valence-corrected chi connectivity index (χ1v) is 7.23. The second-order valence-electron chi connectivity index (χ2n) is 5.66. The van der Waals surface area contributed by atoms with Gasteiger partial charge in [-0.2, -0.15) is 0 Å². The van der Waals surface area contributed by atoms with Gasteiger partial charge in [0.15, 0.2) is 6.10 Å². The number of anilines is 2. The maximum absolute atomic E-state index is 12.2. The van der Waals surface area contributed by atoms with E-state index >= 15 is 0 Å². The van der Waals surface area contributed by atoms with Gasteiger partial charge in [0.05, 0.1) is 5.69 Å². The zero-order valence-corrected chi connectivity index (χ0v) is 12.0. The summed E-state index contributed by atoms with van der Waals surface area (Å²) < 4.78 is 5.88. The SMILES string of the molecule is CC(C)C1Oc2cccc(N3CCNCC3)c2NC1=O. The maximum atomic E-state index is 12.2. The van der Waals surface area contributed by atoms with E-state index < -0.39 is 6.10 Å². The van der Waals surface area contributed by atoms with Crippen LogP contribution in [-0.4, -0.2) is 38.2 Å². The van der Waals surface area contributed by atoms with Gasteiger partial charge in [-0.1, -0.05) is 19.9 Å². The smallest absolute Gasteiger partial charge is 0.265 e. The summed E-state index contributed by atoms with van der Waals surface area (Å²) in [5, 5.41) is 6.37. The molecule has 1 aromatic rings. The van der Waals surface area contributed by atoms with E-state index in [2.05, 4.69) is 15.5 Å². The minimum Gasteiger partial charge on any atom is -0.478 e. The van der Waals surface area contributed by atoms with E-state index in [1.54, 1.807) is 0 Å². The van der Waals surface area contributed by atoms with Crippen molar-refractivity contribution < 1.29 is 9.53 Å². The summed E-state index contributed by atoms with van der Waals surface area (Å²) in [5.41, 5.74) is 1.87. The molecule has 1 amide bonds. The third-order valence-electron chi connectivity index (χ3n) is 3.83. The number of ether oxygens (including phenoxy) is 1. The van der Waals surface area contributed by atoms with Crippen molar-refractivity contribution in [1.29, 1.82) is 0 Å². The van der Waals surface area contributed by atoms with Gasteiger partial charge in [-0.3, -0.25) is 4.79 Å². The van der Waals surface area contributed by atoms with E-state index in [0.29, 0.717) is 0 Å². The molecule has 1 atom stereocenters. The Kier molecular flexibility index (Phi) is 3.53. The average Bonchev–Trinajstić information content (AvgIpc) is 2.46. The fourth-order valence-electron chi connectivity index (χ4n) is 2.74. The normalized spacial score (nSPS) is 22.2. The second-order valence-corrected chi connectivity index (χ2v) is 5.66. The Balaban J connectivity index is 1.92. The predicted octanol–water partition coefficient (Wildman–Crippen LogP) is 1.45. The molecule has 1 unspecified atom stereocenters. The molecule has 0 bridgehead atoms. The van der Waals surface area contributed by atoms with Gasteiger partial charge in [-0.15, -0.1) is 0 Å². The number of benzene rings is 1. The maximum Gasteiger partial charge on any atom is 0.265 e.